The summed E-state index contributed by atoms with van der Waals surface area (Å²) in [4.78, 5) is 17.2. The van der Waals surface area contributed by atoms with E-state index in [2.05, 4.69) is 10.3 Å². The molecular weight excluding hydrogens is 454 g/mol. The molecule has 3 aromatic rings. The molecule has 0 bridgehead atoms. The van der Waals surface area contributed by atoms with Gasteiger partial charge in [0, 0.05) is 31.9 Å². The van der Waals surface area contributed by atoms with Crippen LogP contribution in [-0.2, 0) is 21.3 Å². The van der Waals surface area contributed by atoms with E-state index >= 15 is 0 Å². The van der Waals surface area contributed by atoms with Crippen molar-refractivity contribution >= 4 is 15.9 Å². The maximum absolute atomic E-state index is 13.1. The van der Waals surface area contributed by atoms with Crippen LogP contribution in [0.2, 0.25) is 0 Å². The summed E-state index contributed by atoms with van der Waals surface area (Å²) in [6, 6.07) is 15.7. The van der Waals surface area contributed by atoms with E-state index in [1.54, 1.807) is 24.4 Å². The van der Waals surface area contributed by atoms with Crippen molar-refractivity contribution in [2.75, 3.05) is 26.3 Å². The highest BCUT2D eigenvalue weighted by Crippen LogP contribution is 2.25. The highest BCUT2D eigenvalue weighted by molar-refractivity contribution is 7.89. The second-order valence-corrected chi connectivity index (χ2v) is 9.98. The number of aryl methyl sites for hydroxylation is 2. The van der Waals surface area contributed by atoms with Crippen molar-refractivity contribution in [2.24, 2.45) is 0 Å². The summed E-state index contributed by atoms with van der Waals surface area (Å²) in [6.45, 7) is 5.36. The second-order valence-electron chi connectivity index (χ2n) is 8.07. The first-order valence-electron chi connectivity index (χ1n) is 11.0. The Bertz CT molecular complexity index is 1270. The molecule has 1 aliphatic rings. The summed E-state index contributed by atoms with van der Waals surface area (Å²) in [5, 5.41) is 2.79. The van der Waals surface area contributed by atoms with Gasteiger partial charge in [-0.05, 0) is 48.7 Å². The van der Waals surface area contributed by atoms with Crippen molar-refractivity contribution in [3.63, 3.8) is 0 Å². The maximum Gasteiger partial charge on any atom is 0.252 e. The van der Waals surface area contributed by atoms with E-state index in [9.17, 15) is 13.2 Å². The highest BCUT2D eigenvalue weighted by Gasteiger charge is 2.30. The number of morpholine rings is 1. The van der Waals surface area contributed by atoms with Gasteiger partial charge in [0.15, 0.2) is 0 Å². The van der Waals surface area contributed by atoms with Gasteiger partial charge < -0.3 is 14.8 Å². The van der Waals surface area contributed by atoms with Crippen molar-refractivity contribution in [3.8, 4) is 11.6 Å². The van der Waals surface area contributed by atoms with Crippen molar-refractivity contribution in [3.05, 3.63) is 83.0 Å². The van der Waals surface area contributed by atoms with Crippen LogP contribution < -0.4 is 10.1 Å². The second kappa shape index (κ2) is 10.3. The first kappa shape index (κ1) is 23.9. The zero-order chi connectivity index (χ0) is 24.1. The Morgan fingerprint density at radius 1 is 1.09 bits per heavy atom. The number of nitrogens with one attached hydrogen (secondary N) is 1. The highest BCUT2D eigenvalue weighted by atomic mass is 32.2. The molecule has 0 unspecified atom stereocenters. The molecule has 0 atom stereocenters. The number of sulfonamides is 1. The third-order valence-electron chi connectivity index (χ3n) is 5.53. The Labute approximate surface area is 199 Å². The molecule has 1 aliphatic heterocycles. The van der Waals surface area contributed by atoms with Crippen molar-refractivity contribution in [1.82, 2.24) is 14.6 Å². The number of hydrogen-bond acceptors (Lipinski definition) is 6. The number of carbonyl (C=O) groups is 1. The number of nitrogens with zero attached hydrogens (tertiary/aromatic N) is 2. The van der Waals surface area contributed by atoms with Crippen LogP contribution in [0.1, 0.15) is 27.0 Å². The minimum absolute atomic E-state index is 0.00945. The van der Waals surface area contributed by atoms with Crippen LogP contribution in [0.4, 0.5) is 0 Å². The van der Waals surface area contributed by atoms with Crippen LogP contribution in [0, 0.1) is 13.8 Å². The minimum atomic E-state index is -3.80. The lowest BCUT2D eigenvalue weighted by atomic mass is 10.1. The number of carbonyl (C=O) groups excluding carboxylic acids is 1. The number of hydrogen-bond donors (Lipinski definition) is 1. The first-order chi connectivity index (χ1) is 16.3. The molecule has 178 valence electrons. The fourth-order valence-electron chi connectivity index (χ4n) is 3.59. The van der Waals surface area contributed by atoms with E-state index in [4.69, 9.17) is 9.47 Å². The predicted molar refractivity (Wildman–Crippen MR) is 127 cm³/mol. The van der Waals surface area contributed by atoms with Gasteiger partial charge in [-0.3, -0.25) is 4.79 Å². The number of ether oxygens (including phenoxy) is 2. The quantitative estimate of drug-likeness (QED) is 0.555. The molecule has 1 N–H and O–H groups in total. The fourth-order valence-corrected chi connectivity index (χ4v) is 5.19. The maximum atomic E-state index is 13.1. The van der Waals surface area contributed by atoms with Crippen LogP contribution >= 0.6 is 0 Å². The van der Waals surface area contributed by atoms with Gasteiger partial charge in [-0.25, -0.2) is 13.4 Å². The number of benzene rings is 2. The van der Waals surface area contributed by atoms with E-state index in [1.807, 2.05) is 38.1 Å². The summed E-state index contributed by atoms with van der Waals surface area (Å²) >= 11 is 0. The molecule has 2 aromatic carbocycles. The lowest BCUT2D eigenvalue weighted by Gasteiger charge is -2.26. The summed E-state index contributed by atoms with van der Waals surface area (Å²) in [6.07, 6.45) is 1.62. The average Bonchev–Trinajstić information content (AvgIpc) is 2.86. The molecule has 4 rings (SSSR count). The van der Waals surface area contributed by atoms with E-state index in [0.717, 1.165) is 22.4 Å². The Balaban J connectivity index is 1.43. The Kier molecular flexibility index (Phi) is 7.26. The van der Waals surface area contributed by atoms with Gasteiger partial charge in [-0.2, -0.15) is 4.31 Å². The normalized spacial score (nSPS) is 14.5. The van der Waals surface area contributed by atoms with Gasteiger partial charge in [0.2, 0.25) is 15.9 Å². The molecule has 0 radical (unpaired) electrons. The van der Waals surface area contributed by atoms with E-state index < -0.39 is 15.9 Å². The lowest BCUT2D eigenvalue weighted by molar-refractivity contribution is 0.0730. The third-order valence-corrected chi connectivity index (χ3v) is 7.49. The van der Waals surface area contributed by atoms with Gasteiger partial charge in [-0.15, -0.1) is 0 Å². The zero-order valence-electron chi connectivity index (χ0n) is 19.2. The fraction of sp³-hybridized carbons (Fsp3) is 0.280. The van der Waals surface area contributed by atoms with E-state index in [-0.39, 0.29) is 30.1 Å². The van der Waals surface area contributed by atoms with Crippen molar-refractivity contribution < 1.29 is 22.7 Å². The summed E-state index contributed by atoms with van der Waals surface area (Å²) < 4.78 is 38.6. The average molecular weight is 482 g/mol. The van der Waals surface area contributed by atoms with Crippen LogP contribution in [-0.4, -0.2) is 49.9 Å². The monoisotopic (exact) mass is 481 g/mol. The Hall–Kier alpha value is -3.27. The van der Waals surface area contributed by atoms with Crippen LogP contribution in [0.15, 0.2) is 65.7 Å². The SMILES string of the molecule is Cc1ccc(C)c(Oc2ccc(CNC(=O)c3ccccc3S(=O)(=O)N3CCOCC3)cn2)c1. The smallest absolute Gasteiger partial charge is 0.252 e. The molecule has 0 saturated carbocycles. The molecule has 1 saturated heterocycles. The van der Waals surface area contributed by atoms with Crippen LogP contribution in [0.5, 0.6) is 11.6 Å². The van der Waals surface area contributed by atoms with E-state index in [1.165, 1.54) is 16.4 Å². The van der Waals surface area contributed by atoms with Gasteiger partial charge >= 0.3 is 0 Å². The molecule has 1 fully saturated rings. The molecule has 8 nitrogen and oxygen atoms in total. The molecule has 2 heterocycles. The number of amides is 1. The van der Waals surface area contributed by atoms with Crippen molar-refractivity contribution in [2.45, 2.75) is 25.3 Å². The molecule has 0 spiro atoms. The van der Waals surface area contributed by atoms with Crippen LogP contribution in [0.25, 0.3) is 0 Å². The summed E-state index contributed by atoms with van der Waals surface area (Å²) in [7, 11) is -3.80. The van der Waals surface area contributed by atoms with Gasteiger partial charge in [0.25, 0.3) is 5.91 Å². The van der Waals surface area contributed by atoms with Crippen molar-refractivity contribution in [1.29, 1.82) is 0 Å². The van der Waals surface area contributed by atoms with E-state index in [0.29, 0.717) is 19.1 Å². The molecular formula is C25H27N3O5S. The standard InChI is InChI=1S/C25H27N3O5S/c1-18-7-8-19(2)22(15-18)33-24-10-9-20(16-26-24)17-27-25(29)21-5-3-4-6-23(21)34(30,31)28-11-13-32-14-12-28/h3-10,15-16H,11-14,17H2,1-2H3,(H,27,29). The largest absolute Gasteiger partial charge is 0.439 e. The summed E-state index contributed by atoms with van der Waals surface area (Å²) in [5.74, 6) is 0.723. The molecule has 9 heteroatoms. The zero-order valence-corrected chi connectivity index (χ0v) is 20.0. The van der Waals surface area contributed by atoms with Gasteiger partial charge in [0.1, 0.15) is 5.75 Å². The van der Waals surface area contributed by atoms with Crippen LogP contribution in [0.3, 0.4) is 0 Å². The molecule has 34 heavy (non-hydrogen) atoms. The first-order valence-corrected chi connectivity index (χ1v) is 12.4. The Morgan fingerprint density at radius 2 is 1.85 bits per heavy atom. The predicted octanol–water partition coefficient (Wildman–Crippen LogP) is 3.44. The van der Waals surface area contributed by atoms with Gasteiger partial charge in [-0.1, -0.05) is 30.3 Å². The van der Waals surface area contributed by atoms with Gasteiger partial charge in [0.05, 0.1) is 23.7 Å². The number of rotatable bonds is 7. The number of aromatic nitrogens is 1. The molecule has 1 amide bonds. The number of pyridine rings is 1. The summed E-state index contributed by atoms with van der Waals surface area (Å²) in [5.41, 5.74) is 2.97. The Morgan fingerprint density at radius 3 is 2.59 bits per heavy atom. The molecule has 1 aromatic heterocycles. The topological polar surface area (TPSA) is 97.8 Å². The molecule has 0 aliphatic carbocycles. The lowest BCUT2D eigenvalue weighted by Crippen LogP contribution is -2.41. The third kappa shape index (κ3) is 5.44. The minimum Gasteiger partial charge on any atom is -0.439 e.